The van der Waals surface area contributed by atoms with Crippen LogP contribution in [0.4, 0.5) is 11.5 Å². The highest BCUT2D eigenvalue weighted by molar-refractivity contribution is 5.85. The van der Waals surface area contributed by atoms with E-state index in [1.54, 1.807) is 16.6 Å². The smallest absolute Gasteiger partial charge is 0.222 e. The highest BCUT2D eigenvalue weighted by atomic mass is 15.5. The molecule has 3 heterocycles. The molecule has 0 saturated carbocycles. The zero-order valence-electron chi connectivity index (χ0n) is 12.1. The first-order valence-corrected chi connectivity index (χ1v) is 7.09. The van der Waals surface area contributed by atoms with Crippen molar-refractivity contribution < 1.29 is 0 Å². The lowest BCUT2D eigenvalue weighted by Crippen LogP contribution is -2.45. The van der Waals surface area contributed by atoms with Crippen molar-refractivity contribution in [3.05, 3.63) is 29.6 Å². The second kappa shape index (κ2) is 4.89. The van der Waals surface area contributed by atoms with Crippen molar-refractivity contribution in [2.24, 2.45) is 0 Å². The van der Waals surface area contributed by atoms with E-state index in [9.17, 15) is 0 Å². The van der Waals surface area contributed by atoms with E-state index >= 15 is 0 Å². The van der Waals surface area contributed by atoms with E-state index in [0.29, 0.717) is 11.3 Å². The van der Waals surface area contributed by atoms with Crippen molar-refractivity contribution in [3.8, 4) is 0 Å². The van der Waals surface area contributed by atoms with Gasteiger partial charge in [-0.2, -0.15) is 4.52 Å². The van der Waals surface area contributed by atoms with Crippen molar-refractivity contribution in [1.82, 2.24) is 29.9 Å². The summed E-state index contributed by atoms with van der Waals surface area (Å²) in [4.78, 5) is 12.7. The molecule has 0 atom stereocenters. The highest BCUT2D eigenvalue weighted by Gasteiger charge is 2.21. The molecule has 1 aliphatic heterocycles. The monoisotopic (exact) mass is 294 g/mol. The zero-order chi connectivity index (χ0) is 15.1. The number of benzene rings is 1. The van der Waals surface area contributed by atoms with Gasteiger partial charge in [0.05, 0.1) is 17.6 Å². The molecule has 0 amide bonds. The predicted molar refractivity (Wildman–Crippen MR) is 82.1 cm³/mol. The summed E-state index contributed by atoms with van der Waals surface area (Å²) in [5.74, 6) is 0.807. The molecule has 2 aromatic heterocycles. The van der Waals surface area contributed by atoms with E-state index in [1.165, 1.54) is 0 Å². The van der Waals surface area contributed by atoms with Gasteiger partial charge in [-0.1, -0.05) is 6.07 Å². The fraction of sp³-hybridized carbons (Fsp3) is 0.357. The van der Waals surface area contributed by atoms with Crippen LogP contribution in [0.25, 0.3) is 21.5 Å². The Morgan fingerprint density at radius 2 is 2.00 bits per heavy atom. The number of rotatable bonds is 1. The Labute approximate surface area is 126 Å². The Hall–Kier alpha value is -2.79. The molecule has 0 spiro atoms. The van der Waals surface area contributed by atoms with Gasteiger partial charge >= 0.3 is 0 Å². The summed E-state index contributed by atoms with van der Waals surface area (Å²) in [6.07, 6.45) is 0. The molecule has 4 rings (SSSR count). The van der Waals surface area contributed by atoms with Gasteiger partial charge in [0.25, 0.3) is 0 Å². The van der Waals surface area contributed by atoms with Crippen LogP contribution in [0.3, 0.4) is 0 Å². The molecule has 1 aliphatic rings. The van der Waals surface area contributed by atoms with Crippen LogP contribution >= 0.6 is 0 Å². The minimum absolute atomic E-state index is 0.554. The van der Waals surface area contributed by atoms with Gasteiger partial charge in [0.15, 0.2) is 11.5 Å². The van der Waals surface area contributed by atoms with Crippen LogP contribution in [0.5, 0.6) is 0 Å². The van der Waals surface area contributed by atoms with E-state index in [0.717, 1.165) is 43.0 Å². The minimum atomic E-state index is 0.554. The van der Waals surface area contributed by atoms with Crippen molar-refractivity contribution in [3.63, 3.8) is 0 Å². The van der Waals surface area contributed by atoms with E-state index in [1.807, 2.05) is 6.07 Å². The Bertz CT molecular complexity index is 885. The lowest BCUT2D eigenvalue weighted by Gasteiger charge is -2.33. The second-order valence-corrected chi connectivity index (χ2v) is 5.42. The van der Waals surface area contributed by atoms with E-state index in [2.05, 4.69) is 37.2 Å². The maximum Gasteiger partial charge on any atom is 0.222 e. The number of piperazine rings is 1. The summed E-state index contributed by atoms with van der Waals surface area (Å²) in [5.41, 5.74) is 2.74. The number of hydrogen-bond acceptors (Lipinski definition) is 6. The minimum Gasteiger partial charge on any atom is -0.351 e. The highest BCUT2D eigenvalue weighted by Crippen LogP contribution is 2.26. The number of tetrazole rings is 1. The molecule has 110 valence electrons. The summed E-state index contributed by atoms with van der Waals surface area (Å²) >= 11 is 0. The average Bonchev–Trinajstić information content (AvgIpc) is 3.04. The van der Waals surface area contributed by atoms with Crippen LogP contribution in [0.1, 0.15) is 0 Å². The van der Waals surface area contributed by atoms with Gasteiger partial charge in [-0.15, -0.1) is 5.10 Å². The molecular weight excluding hydrogens is 280 g/mol. The maximum absolute atomic E-state index is 7.14. The number of anilines is 1. The third-order valence-corrected chi connectivity index (χ3v) is 4.01. The van der Waals surface area contributed by atoms with Crippen LogP contribution in [0.15, 0.2) is 18.2 Å². The molecule has 1 fully saturated rings. The zero-order valence-corrected chi connectivity index (χ0v) is 12.1. The summed E-state index contributed by atoms with van der Waals surface area (Å²) < 4.78 is 1.67. The van der Waals surface area contributed by atoms with Gasteiger partial charge < -0.3 is 9.80 Å². The van der Waals surface area contributed by atoms with Crippen molar-refractivity contribution >= 4 is 28.2 Å². The molecule has 8 nitrogen and oxygen atoms in total. The number of aromatic nitrogens is 5. The molecule has 8 heteroatoms. The topological polar surface area (TPSA) is 66.8 Å². The van der Waals surface area contributed by atoms with Crippen LogP contribution in [0.2, 0.25) is 0 Å². The van der Waals surface area contributed by atoms with Crippen molar-refractivity contribution in [1.29, 1.82) is 0 Å². The van der Waals surface area contributed by atoms with E-state index < -0.39 is 0 Å². The van der Waals surface area contributed by atoms with Gasteiger partial charge in [0.1, 0.15) is 0 Å². The van der Waals surface area contributed by atoms with Gasteiger partial charge in [-0.25, -0.2) is 9.83 Å². The second-order valence-electron chi connectivity index (χ2n) is 5.42. The van der Waals surface area contributed by atoms with Crippen molar-refractivity contribution in [2.75, 3.05) is 38.1 Å². The molecule has 0 radical (unpaired) electrons. The van der Waals surface area contributed by atoms with E-state index in [4.69, 9.17) is 11.6 Å². The lowest BCUT2D eigenvalue weighted by molar-refractivity contribution is 0.312. The number of hydrogen-bond donors (Lipinski definition) is 0. The molecule has 22 heavy (non-hydrogen) atoms. The van der Waals surface area contributed by atoms with Gasteiger partial charge in [0.2, 0.25) is 5.65 Å². The molecule has 0 unspecified atom stereocenters. The Morgan fingerprint density at radius 1 is 1.18 bits per heavy atom. The Balaban J connectivity index is 1.91. The van der Waals surface area contributed by atoms with Gasteiger partial charge in [-0.05, 0) is 29.6 Å². The normalized spacial score (nSPS) is 16.3. The van der Waals surface area contributed by atoms with Crippen LogP contribution in [0, 0.1) is 6.57 Å². The van der Waals surface area contributed by atoms with Crippen LogP contribution in [-0.2, 0) is 0 Å². The first kappa shape index (κ1) is 12.9. The molecular formula is C14H14N8. The predicted octanol–water partition coefficient (Wildman–Crippen LogP) is 0.975. The quantitative estimate of drug-likeness (QED) is 0.623. The van der Waals surface area contributed by atoms with Gasteiger partial charge in [0, 0.05) is 26.2 Å². The SMILES string of the molecule is [C-]#[N+]c1ccc2nc(N3CCN(C)CC3)c3nnnn3c2c1. The average molecular weight is 294 g/mol. The van der Waals surface area contributed by atoms with Crippen LogP contribution in [-0.4, -0.2) is 63.2 Å². The lowest BCUT2D eigenvalue weighted by atomic mass is 10.2. The van der Waals surface area contributed by atoms with Gasteiger partial charge in [-0.3, -0.25) is 0 Å². The first-order valence-electron chi connectivity index (χ1n) is 7.09. The summed E-state index contributed by atoms with van der Waals surface area (Å²) in [6, 6.07) is 5.39. The fourth-order valence-corrected chi connectivity index (χ4v) is 2.73. The molecule has 0 bridgehead atoms. The Kier molecular flexibility index (Phi) is 2.87. The third-order valence-electron chi connectivity index (χ3n) is 4.01. The standard InChI is InChI=1S/C14H14N8/c1-15-10-3-4-11-12(9-10)22-14(17-18-19-22)13(16-11)21-7-5-20(2)6-8-21/h3-4,9H,5-8H2,2H3. The maximum atomic E-state index is 7.14. The molecule has 0 N–H and O–H groups in total. The number of likely N-dealkylation sites (N-methyl/N-ethyl adjacent to an activating group) is 1. The fourth-order valence-electron chi connectivity index (χ4n) is 2.73. The largest absolute Gasteiger partial charge is 0.351 e. The summed E-state index contributed by atoms with van der Waals surface area (Å²) in [7, 11) is 2.12. The summed E-state index contributed by atoms with van der Waals surface area (Å²) in [6.45, 7) is 10.9. The first-order chi connectivity index (χ1) is 10.8. The van der Waals surface area contributed by atoms with Crippen LogP contribution < -0.4 is 4.90 Å². The molecule has 1 aromatic carbocycles. The molecule has 0 aliphatic carbocycles. The third kappa shape index (κ3) is 1.95. The Morgan fingerprint density at radius 3 is 2.77 bits per heavy atom. The number of nitrogens with zero attached hydrogens (tertiary/aromatic N) is 8. The molecule has 1 saturated heterocycles. The summed E-state index contributed by atoms with van der Waals surface area (Å²) in [5, 5.41) is 12.0. The van der Waals surface area contributed by atoms with E-state index in [-0.39, 0.29) is 0 Å². The van der Waals surface area contributed by atoms with Crippen molar-refractivity contribution in [2.45, 2.75) is 0 Å². The number of fused-ring (bicyclic) bond motifs is 3. The molecule has 3 aromatic rings.